The van der Waals surface area contributed by atoms with Crippen molar-refractivity contribution in [2.24, 2.45) is 0 Å². The Morgan fingerprint density at radius 3 is 2.50 bits per heavy atom. The molecule has 0 radical (unpaired) electrons. The molecular weight excluding hydrogens is 495 g/mol. The maximum absolute atomic E-state index is 13.4. The van der Waals surface area contributed by atoms with E-state index in [0.29, 0.717) is 49.6 Å². The number of amides is 1. The Bertz CT molecular complexity index is 1460. The predicted molar refractivity (Wildman–Crippen MR) is 138 cm³/mol. The third-order valence-corrected chi connectivity index (χ3v) is 6.41. The second-order valence-electron chi connectivity index (χ2n) is 9.06. The molecule has 196 valence electrons. The van der Waals surface area contributed by atoms with Gasteiger partial charge in [-0.25, -0.2) is 4.98 Å². The van der Waals surface area contributed by atoms with E-state index in [4.69, 9.17) is 9.51 Å². The van der Waals surface area contributed by atoms with Gasteiger partial charge in [0.1, 0.15) is 22.7 Å². The van der Waals surface area contributed by atoms with Crippen molar-refractivity contribution in [1.29, 1.82) is 0 Å². The van der Waals surface area contributed by atoms with E-state index in [9.17, 15) is 18.0 Å². The van der Waals surface area contributed by atoms with Gasteiger partial charge in [0.25, 0.3) is 5.71 Å². The molecule has 1 aliphatic rings. The van der Waals surface area contributed by atoms with Crippen molar-refractivity contribution in [2.75, 3.05) is 31.1 Å². The summed E-state index contributed by atoms with van der Waals surface area (Å²) in [7, 11) is 0. The van der Waals surface area contributed by atoms with Gasteiger partial charge in [0.2, 0.25) is 5.91 Å². The van der Waals surface area contributed by atoms with Crippen molar-refractivity contribution in [3.8, 4) is 11.3 Å². The zero-order valence-corrected chi connectivity index (χ0v) is 20.8. The van der Waals surface area contributed by atoms with Crippen LogP contribution in [0.15, 0.2) is 65.2 Å². The number of alkyl halides is 3. The molecule has 1 amide bonds. The first-order chi connectivity index (χ1) is 18.3. The van der Waals surface area contributed by atoms with Crippen LogP contribution >= 0.6 is 0 Å². The molecule has 0 saturated carbocycles. The SMILES string of the molecule is CCCc1nc(N2CCN(C(=O)/C=C/c3ccccc3)CC2)c2c(-c3cccc(C(F)(F)F)c3)noc2n1. The number of hydrogen-bond acceptors (Lipinski definition) is 6. The highest BCUT2D eigenvalue weighted by Crippen LogP contribution is 2.37. The topological polar surface area (TPSA) is 75.4 Å². The van der Waals surface area contributed by atoms with Gasteiger partial charge in [0, 0.05) is 44.2 Å². The Kier molecular flexibility index (Phi) is 7.13. The van der Waals surface area contributed by atoms with Crippen molar-refractivity contribution in [3.63, 3.8) is 0 Å². The van der Waals surface area contributed by atoms with Crippen LogP contribution in [-0.2, 0) is 17.4 Å². The highest BCUT2D eigenvalue weighted by molar-refractivity contribution is 5.98. The van der Waals surface area contributed by atoms with Gasteiger partial charge >= 0.3 is 6.18 Å². The fourth-order valence-corrected chi connectivity index (χ4v) is 4.46. The minimum atomic E-state index is -4.49. The fraction of sp³-hybridized carbons (Fsp3) is 0.286. The molecule has 1 fully saturated rings. The van der Waals surface area contributed by atoms with Gasteiger partial charge in [0.15, 0.2) is 0 Å². The summed E-state index contributed by atoms with van der Waals surface area (Å²) in [6.45, 7) is 3.94. The van der Waals surface area contributed by atoms with Crippen LogP contribution < -0.4 is 4.90 Å². The Balaban J connectivity index is 1.43. The number of benzene rings is 2. The number of nitrogens with zero attached hydrogens (tertiary/aromatic N) is 5. The predicted octanol–water partition coefficient (Wildman–Crippen LogP) is 5.62. The second kappa shape index (κ2) is 10.6. The number of carbonyl (C=O) groups is 1. The molecule has 0 bridgehead atoms. The molecule has 1 saturated heterocycles. The van der Waals surface area contributed by atoms with Crippen LogP contribution in [0.1, 0.15) is 30.3 Å². The first kappa shape index (κ1) is 25.4. The van der Waals surface area contributed by atoms with E-state index in [-0.39, 0.29) is 22.9 Å². The smallest absolute Gasteiger partial charge is 0.352 e. The number of aromatic nitrogens is 3. The monoisotopic (exact) mass is 521 g/mol. The lowest BCUT2D eigenvalue weighted by atomic mass is 10.1. The highest BCUT2D eigenvalue weighted by Gasteiger charge is 2.32. The van der Waals surface area contributed by atoms with Crippen LogP contribution in [0, 0.1) is 0 Å². The number of hydrogen-bond donors (Lipinski definition) is 0. The molecule has 0 unspecified atom stereocenters. The van der Waals surface area contributed by atoms with E-state index in [1.807, 2.05) is 42.2 Å². The molecule has 0 aliphatic carbocycles. The summed E-state index contributed by atoms with van der Waals surface area (Å²) in [4.78, 5) is 25.8. The molecule has 0 N–H and O–H groups in total. The zero-order valence-electron chi connectivity index (χ0n) is 20.8. The summed E-state index contributed by atoms with van der Waals surface area (Å²) < 4.78 is 45.6. The van der Waals surface area contributed by atoms with Gasteiger partial charge in [0.05, 0.1) is 5.56 Å². The number of fused-ring (bicyclic) bond motifs is 1. The first-order valence-electron chi connectivity index (χ1n) is 12.4. The van der Waals surface area contributed by atoms with Crippen molar-refractivity contribution < 1.29 is 22.5 Å². The van der Waals surface area contributed by atoms with Gasteiger partial charge in [-0.15, -0.1) is 0 Å². The Hall–Kier alpha value is -4.21. The van der Waals surface area contributed by atoms with Crippen LogP contribution in [0.3, 0.4) is 0 Å². The number of anilines is 1. The average Bonchev–Trinajstić information content (AvgIpc) is 3.36. The molecule has 2 aromatic carbocycles. The Labute approximate surface area is 217 Å². The van der Waals surface area contributed by atoms with E-state index in [0.717, 1.165) is 24.1 Å². The maximum Gasteiger partial charge on any atom is 0.416 e. The molecule has 4 aromatic rings. The Morgan fingerprint density at radius 1 is 1.03 bits per heavy atom. The highest BCUT2D eigenvalue weighted by atomic mass is 19.4. The lowest BCUT2D eigenvalue weighted by molar-refractivity contribution is -0.137. The summed E-state index contributed by atoms with van der Waals surface area (Å²) in [5.41, 5.74) is 0.933. The maximum atomic E-state index is 13.4. The minimum absolute atomic E-state index is 0.0809. The lowest BCUT2D eigenvalue weighted by Gasteiger charge is -2.35. The number of aryl methyl sites for hydroxylation is 1. The molecule has 1 aliphatic heterocycles. The molecule has 10 heteroatoms. The van der Waals surface area contributed by atoms with Crippen LogP contribution in [0.4, 0.5) is 19.0 Å². The molecule has 0 spiro atoms. The minimum Gasteiger partial charge on any atom is -0.352 e. The molecule has 7 nitrogen and oxygen atoms in total. The van der Waals surface area contributed by atoms with Gasteiger partial charge in [-0.3, -0.25) is 4.79 Å². The first-order valence-corrected chi connectivity index (χ1v) is 12.4. The third kappa shape index (κ3) is 5.39. The van der Waals surface area contributed by atoms with E-state index in [2.05, 4.69) is 10.1 Å². The number of carbonyl (C=O) groups excluding carboxylic acids is 1. The third-order valence-electron chi connectivity index (χ3n) is 6.41. The standard InChI is InChI=1S/C28H26F3N5O2/c1-2-7-22-32-26(36-16-14-35(15-17-36)23(37)13-12-19-8-4-3-5-9-19)24-25(34-38-27(24)33-22)20-10-6-11-21(18-20)28(29,30)31/h3-6,8-13,18H,2,7,14-17H2,1H3/b13-12+. The van der Waals surface area contributed by atoms with E-state index >= 15 is 0 Å². The van der Waals surface area contributed by atoms with Crippen molar-refractivity contribution in [2.45, 2.75) is 25.9 Å². The summed E-state index contributed by atoms with van der Waals surface area (Å²) in [6, 6.07) is 14.6. The summed E-state index contributed by atoms with van der Waals surface area (Å²) >= 11 is 0. The van der Waals surface area contributed by atoms with Crippen LogP contribution in [-0.4, -0.2) is 52.1 Å². The normalized spacial score (nSPS) is 14.5. The Morgan fingerprint density at radius 2 is 1.79 bits per heavy atom. The number of halogens is 3. The molecule has 38 heavy (non-hydrogen) atoms. The number of piperazine rings is 1. The molecule has 3 heterocycles. The van der Waals surface area contributed by atoms with Gasteiger partial charge < -0.3 is 14.3 Å². The second-order valence-corrected chi connectivity index (χ2v) is 9.06. The summed E-state index contributed by atoms with van der Waals surface area (Å²) in [6.07, 6.45) is 0.305. The number of rotatable bonds is 6. The quantitative estimate of drug-likeness (QED) is 0.307. The summed E-state index contributed by atoms with van der Waals surface area (Å²) in [5.74, 6) is 1.05. The van der Waals surface area contributed by atoms with Crippen LogP contribution in [0.5, 0.6) is 0 Å². The lowest BCUT2D eigenvalue weighted by Crippen LogP contribution is -2.48. The van der Waals surface area contributed by atoms with E-state index < -0.39 is 11.7 Å². The largest absolute Gasteiger partial charge is 0.416 e. The molecule has 0 atom stereocenters. The van der Waals surface area contributed by atoms with Gasteiger partial charge in [-0.2, -0.15) is 18.2 Å². The van der Waals surface area contributed by atoms with Gasteiger partial charge in [-0.1, -0.05) is 54.5 Å². The fourth-order valence-electron chi connectivity index (χ4n) is 4.46. The van der Waals surface area contributed by atoms with Crippen LogP contribution in [0.25, 0.3) is 28.4 Å². The zero-order chi connectivity index (χ0) is 26.7. The molecule has 5 rings (SSSR count). The summed E-state index contributed by atoms with van der Waals surface area (Å²) in [5, 5.41) is 4.56. The van der Waals surface area contributed by atoms with Crippen molar-refractivity contribution in [1.82, 2.24) is 20.0 Å². The van der Waals surface area contributed by atoms with Crippen molar-refractivity contribution in [3.05, 3.63) is 77.6 Å². The van der Waals surface area contributed by atoms with E-state index in [1.54, 1.807) is 23.1 Å². The molecule has 2 aromatic heterocycles. The van der Waals surface area contributed by atoms with Crippen LogP contribution in [0.2, 0.25) is 0 Å². The van der Waals surface area contributed by atoms with Gasteiger partial charge in [-0.05, 0) is 30.2 Å². The molecular formula is C28H26F3N5O2. The van der Waals surface area contributed by atoms with Crippen molar-refractivity contribution >= 4 is 28.9 Å². The van der Waals surface area contributed by atoms with E-state index in [1.165, 1.54) is 6.07 Å². The average molecular weight is 522 g/mol.